The van der Waals surface area contributed by atoms with Gasteiger partial charge in [-0.1, -0.05) is 37.3 Å². The summed E-state index contributed by atoms with van der Waals surface area (Å²) in [6.07, 6.45) is 1.04. The van der Waals surface area contributed by atoms with Crippen molar-refractivity contribution in [2.24, 2.45) is 0 Å². The molecule has 102 valence electrons. The molecular weight excluding hydrogens is 262 g/mol. The van der Waals surface area contributed by atoms with Crippen LogP contribution in [0, 0.1) is 6.92 Å². The predicted molar refractivity (Wildman–Crippen MR) is 88.8 cm³/mol. The van der Waals surface area contributed by atoms with E-state index in [0.29, 0.717) is 0 Å². The molecule has 0 spiro atoms. The summed E-state index contributed by atoms with van der Waals surface area (Å²) in [5.74, 6) is 0. The van der Waals surface area contributed by atoms with E-state index in [1.807, 2.05) is 0 Å². The average molecular weight is 281 g/mol. The Balaban J connectivity index is 2.15. The first kappa shape index (κ1) is 13.3. The number of hydrogen-bond donors (Lipinski definition) is 1. The molecule has 3 aromatic rings. The van der Waals surface area contributed by atoms with Crippen molar-refractivity contribution in [3.63, 3.8) is 0 Å². The van der Waals surface area contributed by atoms with Crippen LogP contribution in [-0.2, 0) is 13.0 Å². The Morgan fingerprint density at radius 3 is 2.50 bits per heavy atom. The highest BCUT2D eigenvalue weighted by atomic mass is 32.1. The Morgan fingerprint density at radius 1 is 1.05 bits per heavy atom. The first-order chi connectivity index (χ1) is 9.69. The van der Waals surface area contributed by atoms with E-state index in [1.54, 1.807) is 0 Å². The van der Waals surface area contributed by atoms with Crippen LogP contribution in [0.25, 0.3) is 10.9 Å². The molecule has 0 amide bonds. The van der Waals surface area contributed by atoms with Crippen molar-refractivity contribution >= 4 is 23.5 Å². The quantitative estimate of drug-likeness (QED) is 0.655. The molecular formula is C18H19NS. The second-order valence-corrected chi connectivity index (χ2v) is 5.74. The van der Waals surface area contributed by atoms with Gasteiger partial charge in [0.25, 0.3) is 0 Å². The summed E-state index contributed by atoms with van der Waals surface area (Å²) in [6.45, 7) is 5.26. The van der Waals surface area contributed by atoms with Crippen LogP contribution >= 0.6 is 12.6 Å². The fourth-order valence-electron chi connectivity index (χ4n) is 2.70. The third-order valence-corrected chi connectivity index (χ3v) is 4.33. The average Bonchev–Trinajstić information content (AvgIpc) is 2.78. The lowest BCUT2D eigenvalue weighted by Crippen LogP contribution is -2.03. The molecule has 3 rings (SSSR count). The first-order valence-electron chi connectivity index (χ1n) is 7.04. The van der Waals surface area contributed by atoms with Gasteiger partial charge in [-0.25, -0.2) is 0 Å². The van der Waals surface area contributed by atoms with Gasteiger partial charge in [0.15, 0.2) is 0 Å². The zero-order valence-electron chi connectivity index (χ0n) is 11.9. The Labute approximate surface area is 125 Å². The second-order valence-electron chi connectivity index (χ2n) is 5.26. The number of hydrogen-bond acceptors (Lipinski definition) is 1. The molecule has 0 fully saturated rings. The maximum atomic E-state index is 4.54. The molecule has 0 saturated carbocycles. The van der Waals surface area contributed by atoms with Crippen molar-refractivity contribution in [1.29, 1.82) is 0 Å². The zero-order valence-corrected chi connectivity index (χ0v) is 12.8. The Morgan fingerprint density at radius 2 is 1.80 bits per heavy atom. The molecule has 0 bridgehead atoms. The van der Waals surface area contributed by atoms with Crippen LogP contribution in [0.4, 0.5) is 0 Å². The van der Waals surface area contributed by atoms with Crippen molar-refractivity contribution in [1.82, 2.24) is 4.57 Å². The van der Waals surface area contributed by atoms with Gasteiger partial charge in [-0.3, -0.25) is 0 Å². The van der Waals surface area contributed by atoms with Gasteiger partial charge in [-0.05, 0) is 42.7 Å². The number of rotatable bonds is 3. The topological polar surface area (TPSA) is 4.93 Å². The molecule has 1 heterocycles. The standard InChI is InChI=1S/C18H19NS/c1-3-16-10-15-11-18(20)13(2)9-17(15)19(16)12-14-7-5-4-6-8-14/h4-11,20H,3,12H2,1-2H3. The highest BCUT2D eigenvalue weighted by Gasteiger charge is 2.09. The number of aryl methyl sites for hydroxylation is 2. The third kappa shape index (κ3) is 2.36. The smallest absolute Gasteiger partial charge is 0.0489 e. The highest BCUT2D eigenvalue weighted by Crippen LogP contribution is 2.26. The first-order valence-corrected chi connectivity index (χ1v) is 7.49. The second kappa shape index (κ2) is 5.37. The van der Waals surface area contributed by atoms with Crippen LogP contribution in [0.3, 0.4) is 0 Å². The summed E-state index contributed by atoms with van der Waals surface area (Å²) < 4.78 is 2.42. The van der Waals surface area contributed by atoms with Crippen molar-refractivity contribution in [3.8, 4) is 0 Å². The van der Waals surface area contributed by atoms with Crippen LogP contribution in [0.15, 0.2) is 53.4 Å². The summed E-state index contributed by atoms with van der Waals surface area (Å²) in [7, 11) is 0. The summed E-state index contributed by atoms with van der Waals surface area (Å²) in [5.41, 5.74) is 5.26. The molecule has 0 aliphatic rings. The van der Waals surface area contributed by atoms with Gasteiger partial charge in [0.2, 0.25) is 0 Å². The van der Waals surface area contributed by atoms with Gasteiger partial charge in [0.1, 0.15) is 0 Å². The minimum atomic E-state index is 0.929. The number of thiol groups is 1. The normalized spacial score (nSPS) is 11.2. The van der Waals surface area contributed by atoms with Crippen molar-refractivity contribution in [2.45, 2.75) is 31.7 Å². The summed E-state index contributed by atoms with van der Waals surface area (Å²) in [4.78, 5) is 1.07. The fourth-order valence-corrected chi connectivity index (χ4v) is 2.91. The molecule has 0 radical (unpaired) electrons. The maximum Gasteiger partial charge on any atom is 0.0489 e. The fraction of sp³-hybridized carbons (Fsp3) is 0.222. The van der Waals surface area contributed by atoms with Crippen molar-refractivity contribution < 1.29 is 0 Å². The molecule has 0 aliphatic heterocycles. The van der Waals surface area contributed by atoms with Gasteiger partial charge >= 0.3 is 0 Å². The SMILES string of the molecule is CCc1cc2cc(S)c(C)cc2n1Cc1ccccc1. The van der Waals surface area contributed by atoms with Crippen LogP contribution in [0.1, 0.15) is 23.7 Å². The van der Waals surface area contributed by atoms with Gasteiger partial charge < -0.3 is 4.57 Å². The van der Waals surface area contributed by atoms with Crippen LogP contribution in [0.5, 0.6) is 0 Å². The predicted octanol–water partition coefficient (Wildman–Crippen LogP) is 4.85. The molecule has 0 atom stereocenters. The van der Waals surface area contributed by atoms with E-state index in [9.17, 15) is 0 Å². The van der Waals surface area contributed by atoms with E-state index in [-0.39, 0.29) is 0 Å². The molecule has 1 nitrogen and oxygen atoms in total. The lowest BCUT2D eigenvalue weighted by Gasteiger charge is -2.10. The molecule has 2 heteroatoms. The maximum absolute atomic E-state index is 4.54. The monoisotopic (exact) mass is 281 g/mol. The van der Waals surface area contributed by atoms with Gasteiger partial charge in [0.05, 0.1) is 0 Å². The molecule has 1 aromatic heterocycles. The number of aromatic nitrogens is 1. The Hall–Kier alpha value is -1.67. The molecule has 0 unspecified atom stereocenters. The lowest BCUT2D eigenvalue weighted by molar-refractivity contribution is 0.776. The van der Waals surface area contributed by atoms with E-state index in [2.05, 4.69) is 79.6 Å². The molecule has 0 N–H and O–H groups in total. The van der Waals surface area contributed by atoms with Gasteiger partial charge in [-0.2, -0.15) is 0 Å². The van der Waals surface area contributed by atoms with Gasteiger partial charge in [-0.15, -0.1) is 12.6 Å². The number of benzene rings is 2. The molecule has 2 aromatic carbocycles. The minimum absolute atomic E-state index is 0.929. The Kier molecular flexibility index (Phi) is 3.58. The zero-order chi connectivity index (χ0) is 14.1. The van der Waals surface area contributed by atoms with E-state index >= 15 is 0 Å². The third-order valence-electron chi connectivity index (χ3n) is 3.85. The van der Waals surface area contributed by atoms with Crippen molar-refractivity contribution in [2.75, 3.05) is 0 Å². The molecule has 20 heavy (non-hydrogen) atoms. The largest absolute Gasteiger partial charge is 0.340 e. The summed E-state index contributed by atoms with van der Waals surface area (Å²) in [6, 6.07) is 17.4. The van der Waals surface area contributed by atoms with E-state index in [0.717, 1.165) is 17.9 Å². The van der Waals surface area contributed by atoms with E-state index < -0.39 is 0 Å². The van der Waals surface area contributed by atoms with Crippen LogP contribution in [-0.4, -0.2) is 4.57 Å². The van der Waals surface area contributed by atoms with Gasteiger partial charge in [0, 0.05) is 28.0 Å². The number of fused-ring (bicyclic) bond motifs is 1. The lowest BCUT2D eigenvalue weighted by atomic mass is 10.2. The summed E-state index contributed by atoms with van der Waals surface area (Å²) >= 11 is 4.54. The van der Waals surface area contributed by atoms with E-state index in [1.165, 1.54) is 27.7 Å². The minimum Gasteiger partial charge on any atom is -0.340 e. The van der Waals surface area contributed by atoms with Crippen molar-refractivity contribution in [3.05, 3.63) is 65.4 Å². The number of nitrogens with zero attached hydrogens (tertiary/aromatic N) is 1. The Bertz CT molecular complexity index is 741. The van der Waals surface area contributed by atoms with Crippen LogP contribution < -0.4 is 0 Å². The molecule has 0 saturated heterocycles. The highest BCUT2D eigenvalue weighted by molar-refractivity contribution is 7.80. The molecule has 0 aliphatic carbocycles. The van der Waals surface area contributed by atoms with E-state index in [4.69, 9.17) is 0 Å². The van der Waals surface area contributed by atoms with Crippen LogP contribution in [0.2, 0.25) is 0 Å². The summed E-state index contributed by atoms with van der Waals surface area (Å²) in [5, 5.41) is 1.29.